The zero-order chi connectivity index (χ0) is 10.9. The lowest BCUT2D eigenvalue weighted by Gasteiger charge is -2.41. The Morgan fingerprint density at radius 3 is 2.80 bits per heavy atom. The minimum atomic E-state index is 0.361. The fourth-order valence-electron chi connectivity index (χ4n) is 2.98. The molecule has 0 aromatic rings. The molecule has 1 N–H and O–H groups in total. The van der Waals surface area contributed by atoms with Crippen LogP contribution in [0.1, 0.15) is 33.6 Å². The first-order valence-corrected chi connectivity index (χ1v) is 6.20. The lowest BCUT2D eigenvalue weighted by Crippen LogP contribution is -2.54. The molecule has 2 heterocycles. The molecule has 0 aromatic heterocycles. The van der Waals surface area contributed by atoms with Crippen molar-refractivity contribution in [2.75, 3.05) is 26.2 Å². The highest BCUT2D eigenvalue weighted by Crippen LogP contribution is 2.31. The van der Waals surface area contributed by atoms with Crippen LogP contribution in [0.3, 0.4) is 0 Å². The molecule has 88 valence electrons. The van der Waals surface area contributed by atoms with Gasteiger partial charge in [0, 0.05) is 24.7 Å². The van der Waals surface area contributed by atoms with E-state index in [9.17, 15) is 0 Å². The number of nitrogens with one attached hydrogen (secondary N) is 1. The summed E-state index contributed by atoms with van der Waals surface area (Å²) in [5.41, 5.74) is 0.361. The normalized spacial score (nSPS) is 34.2. The van der Waals surface area contributed by atoms with Gasteiger partial charge in [0.2, 0.25) is 0 Å². The van der Waals surface area contributed by atoms with Gasteiger partial charge >= 0.3 is 0 Å². The second kappa shape index (κ2) is 4.40. The highest BCUT2D eigenvalue weighted by atomic mass is 16.5. The van der Waals surface area contributed by atoms with Crippen LogP contribution in [0.25, 0.3) is 0 Å². The summed E-state index contributed by atoms with van der Waals surface area (Å²) in [5, 5.41) is 3.41. The smallest absolute Gasteiger partial charge is 0.0852 e. The van der Waals surface area contributed by atoms with E-state index in [1.807, 2.05) is 0 Å². The molecule has 2 rings (SSSR count). The number of rotatable bonds is 2. The van der Waals surface area contributed by atoms with Crippen LogP contribution in [0.15, 0.2) is 0 Å². The topological polar surface area (TPSA) is 24.5 Å². The maximum Gasteiger partial charge on any atom is 0.0852 e. The molecule has 0 aromatic carbocycles. The van der Waals surface area contributed by atoms with Crippen molar-refractivity contribution in [3.8, 4) is 0 Å². The Balaban J connectivity index is 1.96. The fraction of sp³-hybridized carbons (Fsp3) is 1.00. The Morgan fingerprint density at radius 1 is 1.47 bits per heavy atom. The van der Waals surface area contributed by atoms with E-state index in [0.717, 1.165) is 19.7 Å². The minimum Gasteiger partial charge on any atom is -0.374 e. The van der Waals surface area contributed by atoms with Gasteiger partial charge in [-0.25, -0.2) is 0 Å². The van der Waals surface area contributed by atoms with Crippen molar-refractivity contribution < 1.29 is 4.74 Å². The Hall–Kier alpha value is -0.120. The summed E-state index contributed by atoms with van der Waals surface area (Å²) in [4.78, 5) is 2.62. The highest BCUT2D eigenvalue weighted by Gasteiger charge is 2.38. The Morgan fingerprint density at radius 2 is 2.27 bits per heavy atom. The van der Waals surface area contributed by atoms with E-state index < -0.39 is 0 Å². The van der Waals surface area contributed by atoms with Gasteiger partial charge in [0.05, 0.1) is 12.7 Å². The van der Waals surface area contributed by atoms with E-state index in [4.69, 9.17) is 4.74 Å². The number of likely N-dealkylation sites (tertiary alicyclic amines) is 1. The zero-order valence-electron chi connectivity index (χ0n) is 10.3. The van der Waals surface area contributed by atoms with Gasteiger partial charge in [0.15, 0.2) is 0 Å². The summed E-state index contributed by atoms with van der Waals surface area (Å²) in [6.07, 6.45) is 3.02. The number of nitrogens with zero attached hydrogens (tertiary/aromatic N) is 1. The zero-order valence-corrected chi connectivity index (χ0v) is 10.3. The largest absolute Gasteiger partial charge is 0.374 e. The summed E-state index contributed by atoms with van der Waals surface area (Å²) in [5.74, 6) is 0. The van der Waals surface area contributed by atoms with E-state index in [2.05, 4.69) is 31.0 Å². The third-order valence-corrected chi connectivity index (χ3v) is 3.95. The van der Waals surface area contributed by atoms with Gasteiger partial charge in [-0.05, 0) is 40.2 Å². The average molecular weight is 212 g/mol. The van der Waals surface area contributed by atoms with Gasteiger partial charge in [0.25, 0.3) is 0 Å². The quantitative estimate of drug-likeness (QED) is 0.745. The van der Waals surface area contributed by atoms with Gasteiger partial charge in [-0.1, -0.05) is 0 Å². The van der Waals surface area contributed by atoms with Crippen molar-refractivity contribution in [2.24, 2.45) is 0 Å². The monoisotopic (exact) mass is 212 g/mol. The molecule has 2 unspecified atom stereocenters. The predicted octanol–water partition coefficient (Wildman–Crippen LogP) is 1.24. The maximum absolute atomic E-state index is 5.84. The first kappa shape index (κ1) is 11.4. The van der Waals surface area contributed by atoms with Gasteiger partial charge < -0.3 is 10.1 Å². The second-order valence-electron chi connectivity index (χ2n) is 5.46. The standard InChI is InChI=1S/C12H24N2O/c1-10(11-9-13-6-8-15-11)14-7-4-5-12(14,2)3/h10-11,13H,4-9H2,1-3H3. The second-order valence-corrected chi connectivity index (χ2v) is 5.46. The van der Waals surface area contributed by atoms with Crippen LogP contribution in [0.5, 0.6) is 0 Å². The van der Waals surface area contributed by atoms with Crippen LogP contribution in [0.4, 0.5) is 0 Å². The maximum atomic E-state index is 5.84. The molecule has 0 bridgehead atoms. The summed E-state index contributed by atoms with van der Waals surface area (Å²) in [6, 6.07) is 0.537. The Labute approximate surface area is 93.2 Å². The summed E-state index contributed by atoms with van der Waals surface area (Å²) in [7, 11) is 0. The molecule has 0 spiro atoms. The highest BCUT2D eigenvalue weighted by molar-refractivity contribution is 4.94. The van der Waals surface area contributed by atoms with Crippen molar-refractivity contribution in [1.29, 1.82) is 0 Å². The van der Waals surface area contributed by atoms with E-state index in [-0.39, 0.29) is 0 Å². The van der Waals surface area contributed by atoms with Crippen LogP contribution in [0, 0.1) is 0 Å². The molecule has 2 atom stereocenters. The third kappa shape index (κ3) is 2.35. The first-order chi connectivity index (χ1) is 7.11. The lowest BCUT2D eigenvalue weighted by molar-refractivity contribution is -0.0410. The Bertz CT molecular complexity index is 212. The van der Waals surface area contributed by atoms with E-state index in [1.165, 1.54) is 19.4 Å². The molecule has 0 aliphatic carbocycles. The Kier molecular flexibility index (Phi) is 3.33. The lowest BCUT2D eigenvalue weighted by atomic mass is 9.99. The van der Waals surface area contributed by atoms with Crippen LogP contribution in [-0.2, 0) is 4.74 Å². The number of hydrogen-bond donors (Lipinski definition) is 1. The fourth-order valence-corrected chi connectivity index (χ4v) is 2.98. The number of morpholine rings is 1. The molecule has 2 aliphatic rings. The molecule has 2 aliphatic heterocycles. The van der Waals surface area contributed by atoms with E-state index >= 15 is 0 Å². The molecule has 2 fully saturated rings. The van der Waals surface area contributed by atoms with Crippen LogP contribution >= 0.6 is 0 Å². The molecule has 3 nitrogen and oxygen atoms in total. The first-order valence-electron chi connectivity index (χ1n) is 6.20. The van der Waals surface area contributed by atoms with Crippen LogP contribution < -0.4 is 5.32 Å². The summed E-state index contributed by atoms with van der Waals surface area (Å²) < 4.78 is 5.84. The molecule has 2 saturated heterocycles. The van der Waals surface area contributed by atoms with Gasteiger partial charge in [-0.3, -0.25) is 4.90 Å². The van der Waals surface area contributed by atoms with Crippen molar-refractivity contribution in [3.63, 3.8) is 0 Å². The minimum absolute atomic E-state index is 0.361. The predicted molar refractivity (Wildman–Crippen MR) is 62.1 cm³/mol. The van der Waals surface area contributed by atoms with Crippen LogP contribution in [0.2, 0.25) is 0 Å². The number of hydrogen-bond acceptors (Lipinski definition) is 3. The van der Waals surface area contributed by atoms with Crippen molar-refractivity contribution in [3.05, 3.63) is 0 Å². The molecular formula is C12H24N2O. The van der Waals surface area contributed by atoms with Gasteiger partial charge in [-0.2, -0.15) is 0 Å². The number of ether oxygens (including phenoxy) is 1. The summed E-state index contributed by atoms with van der Waals surface area (Å²) >= 11 is 0. The van der Waals surface area contributed by atoms with Crippen molar-refractivity contribution in [1.82, 2.24) is 10.2 Å². The SMILES string of the molecule is CC(C1CNCCO1)N1CCCC1(C)C. The summed E-state index contributed by atoms with van der Waals surface area (Å²) in [6.45, 7) is 11.1. The van der Waals surface area contributed by atoms with E-state index in [0.29, 0.717) is 17.7 Å². The third-order valence-electron chi connectivity index (χ3n) is 3.95. The average Bonchev–Trinajstić information content (AvgIpc) is 2.58. The van der Waals surface area contributed by atoms with Crippen LogP contribution in [-0.4, -0.2) is 48.8 Å². The molecule has 15 heavy (non-hydrogen) atoms. The van der Waals surface area contributed by atoms with Gasteiger partial charge in [0.1, 0.15) is 0 Å². The van der Waals surface area contributed by atoms with Crippen molar-refractivity contribution >= 4 is 0 Å². The van der Waals surface area contributed by atoms with Gasteiger partial charge in [-0.15, -0.1) is 0 Å². The molecule has 0 saturated carbocycles. The van der Waals surface area contributed by atoms with Crippen molar-refractivity contribution in [2.45, 2.75) is 51.3 Å². The molecular weight excluding hydrogens is 188 g/mol. The molecule has 3 heteroatoms. The van der Waals surface area contributed by atoms with E-state index in [1.54, 1.807) is 0 Å². The molecule has 0 radical (unpaired) electrons. The molecule has 0 amide bonds.